The van der Waals surface area contributed by atoms with Gasteiger partial charge in [-0.25, -0.2) is 8.42 Å². The van der Waals surface area contributed by atoms with E-state index in [0.29, 0.717) is 12.2 Å². The molecule has 1 aromatic heterocycles. The maximum atomic E-state index is 12.3. The standard InChI is InChI=1S/C15H20N2O5S/c1-10(13-3-2-5-22-13)16-15(19)11-7-14(18)17(8-11)12-4-6-23(20,21)9-12/h2-3,5,10-12H,4,6-9H2,1H3,(H,16,19)/t10-,11+,12-/m0/s1. The Morgan fingerprint density at radius 2 is 2.26 bits per heavy atom. The van der Waals surface area contributed by atoms with Crippen molar-refractivity contribution >= 4 is 21.7 Å². The van der Waals surface area contributed by atoms with E-state index in [1.807, 2.05) is 6.92 Å². The van der Waals surface area contributed by atoms with E-state index in [1.165, 1.54) is 0 Å². The number of carbonyl (C=O) groups is 2. The Hall–Kier alpha value is -1.83. The van der Waals surface area contributed by atoms with E-state index in [-0.39, 0.29) is 48.4 Å². The molecule has 126 valence electrons. The molecule has 0 spiro atoms. The number of hydrogen-bond acceptors (Lipinski definition) is 5. The highest BCUT2D eigenvalue weighted by molar-refractivity contribution is 7.91. The lowest BCUT2D eigenvalue weighted by Gasteiger charge is -2.23. The van der Waals surface area contributed by atoms with E-state index in [9.17, 15) is 18.0 Å². The van der Waals surface area contributed by atoms with Crippen molar-refractivity contribution in [1.82, 2.24) is 10.2 Å². The first-order chi connectivity index (χ1) is 10.9. The molecule has 0 aromatic carbocycles. The fraction of sp³-hybridized carbons (Fsp3) is 0.600. The molecule has 0 radical (unpaired) electrons. The predicted molar refractivity (Wildman–Crippen MR) is 82.1 cm³/mol. The largest absolute Gasteiger partial charge is 0.467 e. The summed E-state index contributed by atoms with van der Waals surface area (Å²) in [5.74, 6) is -0.00267. The molecular formula is C15H20N2O5S. The minimum Gasteiger partial charge on any atom is -0.467 e. The van der Waals surface area contributed by atoms with Crippen LogP contribution in [0.15, 0.2) is 22.8 Å². The average Bonchev–Trinajstić information content (AvgIpc) is 3.18. The summed E-state index contributed by atoms with van der Waals surface area (Å²) in [4.78, 5) is 26.0. The normalized spacial score (nSPS) is 28.0. The van der Waals surface area contributed by atoms with E-state index in [2.05, 4.69) is 5.32 Å². The van der Waals surface area contributed by atoms with Crippen LogP contribution >= 0.6 is 0 Å². The zero-order chi connectivity index (χ0) is 16.6. The first-order valence-electron chi connectivity index (χ1n) is 7.69. The molecule has 0 aliphatic carbocycles. The van der Waals surface area contributed by atoms with Gasteiger partial charge in [0.15, 0.2) is 9.84 Å². The van der Waals surface area contributed by atoms with Crippen molar-refractivity contribution in [2.24, 2.45) is 5.92 Å². The van der Waals surface area contributed by atoms with Crippen LogP contribution in [0.3, 0.4) is 0 Å². The molecule has 2 amide bonds. The molecule has 3 heterocycles. The van der Waals surface area contributed by atoms with Gasteiger partial charge in [0.2, 0.25) is 11.8 Å². The molecule has 1 N–H and O–H groups in total. The van der Waals surface area contributed by atoms with E-state index in [0.717, 1.165) is 0 Å². The van der Waals surface area contributed by atoms with Gasteiger partial charge in [-0.1, -0.05) is 0 Å². The molecule has 8 heteroatoms. The summed E-state index contributed by atoms with van der Waals surface area (Å²) < 4.78 is 28.4. The third-order valence-corrected chi connectivity index (χ3v) is 6.26. The molecule has 0 unspecified atom stereocenters. The second-order valence-corrected chi connectivity index (χ2v) is 8.48. The average molecular weight is 340 g/mol. The minimum atomic E-state index is -3.05. The number of rotatable bonds is 4. The van der Waals surface area contributed by atoms with Crippen molar-refractivity contribution in [2.45, 2.75) is 31.8 Å². The van der Waals surface area contributed by atoms with Gasteiger partial charge in [0, 0.05) is 19.0 Å². The summed E-state index contributed by atoms with van der Waals surface area (Å²) in [6.07, 6.45) is 2.14. The molecule has 2 fully saturated rings. The Bertz CT molecular complexity index is 697. The highest BCUT2D eigenvalue weighted by Crippen LogP contribution is 2.26. The Morgan fingerprint density at radius 3 is 2.87 bits per heavy atom. The highest BCUT2D eigenvalue weighted by Gasteiger charge is 2.42. The molecule has 0 bridgehead atoms. The first-order valence-corrected chi connectivity index (χ1v) is 9.51. The third kappa shape index (κ3) is 3.41. The Kier molecular flexibility index (Phi) is 4.18. The molecule has 2 aliphatic heterocycles. The molecular weight excluding hydrogens is 320 g/mol. The second-order valence-electron chi connectivity index (χ2n) is 6.25. The number of nitrogens with zero attached hydrogens (tertiary/aromatic N) is 1. The quantitative estimate of drug-likeness (QED) is 0.860. The molecule has 0 saturated carbocycles. The number of hydrogen-bond donors (Lipinski definition) is 1. The molecule has 2 saturated heterocycles. The van der Waals surface area contributed by atoms with Crippen LogP contribution < -0.4 is 5.32 Å². The van der Waals surface area contributed by atoms with Crippen molar-refractivity contribution in [1.29, 1.82) is 0 Å². The number of nitrogens with one attached hydrogen (secondary N) is 1. The molecule has 3 atom stereocenters. The molecule has 23 heavy (non-hydrogen) atoms. The number of furan rings is 1. The zero-order valence-corrected chi connectivity index (χ0v) is 13.7. The lowest BCUT2D eigenvalue weighted by atomic mass is 10.1. The van der Waals surface area contributed by atoms with Crippen LogP contribution in [-0.2, 0) is 19.4 Å². The SMILES string of the molecule is C[C@H](NC(=O)[C@@H]1CC(=O)N([C@H]2CCS(=O)(=O)C2)C1)c1ccco1. The summed E-state index contributed by atoms with van der Waals surface area (Å²) in [5.41, 5.74) is 0. The summed E-state index contributed by atoms with van der Waals surface area (Å²) in [6.45, 7) is 2.10. The Labute approximate surface area is 134 Å². The smallest absolute Gasteiger partial charge is 0.226 e. The molecule has 7 nitrogen and oxygen atoms in total. The maximum Gasteiger partial charge on any atom is 0.226 e. The lowest BCUT2D eigenvalue weighted by Crippen LogP contribution is -2.39. The van der Waals surface area contributed by atoms with Crippen LogP contribution in [0.4, 0.5) is 0 Å². The van der Waals surface area contributed by atoms with E-state index in [4.69, 9.17) is 4.42 Å². The van der Waals surface area contributed by atoms with Gasteiger partial charge in [0.25, 0.3) is 0 Å². The summed E-state index contributed by atoms with van der Waals surface area (Å²) in [5, 5.41) is 2.84. The van der Waals surface area contributed by atoms with Crippen molar-refractivity contribution in [3.63, 3.8) is 0 Å². The van der Waals surface area contributed by atoms with Gasteiger partial charge in [-0.05, 0) is 25.5 Å². The summed E-state index contributed by atoms with van der Waals surface area (Å²) in [6, 6.07) is 2.97. The topological polar surface area (TPSA) is 96.7 Å². The van der Waals surface area contributed by atoms with Crippen molar-refractivity contribution in [3.8, 4) is 0 Å². The van der Waals surface area contributed by atoms with Gasteiger partial charge in [0.1, 0.15) is 5.76 Å². The maximum absolute atomic E-state index is 12.3. The number of carbonyl (C=O) groups excluding carboxylic acids is 2. The third-order valence-electron chi connectivity index (χ3n) is 4.51. The van der Waals surface area contributed by atoms with E-state index < -0.39 is 15.8 Å². The van der Waals surface area contributed by atoms with Gasteiger partial charge in [-0.15, -0.1) is 0 Å². The monoisotopic (exact) mass is 340 g/mol. The van der Waals surface area contributed by atoms with Gasteiger partial charge in [-0.2, -0.15) is 0 Å². The van der Waals surface area contributed by atoms with Crippen LogP contribution in [0.25, 0.3) is 0 Å². The van der Waals surface area contributed by atoms with Crippen LogP contribution in [0.1, 0.15) is 31.6 Å². The van der Waals surface area contributed by atoms with Crippen LogP contribution in [0, 0.1) is 5.92 Å². The van der Waals surface area contributed by atoms with E-state index >= 15 is 0 Å². The van der Waals surface area contributed by atoms with Gasteiger partial charge >= 0.3 is 0 Å². The van der Waals surface area contributed by atoms with Crippen LogP contribution in [0.5, 0.6) is 0 Å². The predicted octanol–water partition coefficient (Wildman–Crippen LogP) is 0.492. The first kappa shape index (κ1) is 16.0. The lowest BCUT2D eigenvalue weighted by molar-refractivity contribution is -0.130. The zero-order valence-electron chi connectivity index (χ0n) is 12.9. The number of amides is 2. The highest BCUT2D eigenvalue weighted by atomic mass is 32.2. The second kappa shape index (κ2) is 5.99. The van der Waals surface area contributed by atoms with Crippen LogP contribution in [0.2, 0.25) is 0 Å². The Balaban J connectivity index is 1.60. The van der Waals surface area contributed by atoms with Gasteiger partial charge in [-0.3, -0.25) is 9.59 Å². The van der Waals surface area contributed by atoms with Crippen molar-refractivity contribution in [2.75, 3.05) is 18.1 Å². The summed E-state index contributed by atoms with van der Waals surface area (Å²) in [7, 11) is -3.05. The van der Waals surface area contributed by atoms with Crippen molar-refractivity contribution < 1.29 is 22.4 Å². The van der Waals surface area contributed by atoms with Crippen molar-refractivity contribution in [3.05, 3.63) is 24.2 Å². The van der Waals surface area contributed by atoms with Crippen LogP contribution in [-0.4, -0.2) is 49.2 Å². The van der Waals surface area contributed by atoms with Gasteiger partial charge < -0.3 is 14.6 Å². The minimum absolute atomic E-state index is 0.00980. The molecule has 2 aliphatic rings. The number of sulfone groups is 1. The Morgan fingerprint density at radius 1 is 1.48 bits per heavy atom. The van der Waals surface area contributed by atoms with E-state index in [1.54, 1.807) is 23.3 Å². The summed E-state index contributed by atoms with van der Waals surface area (Å²) >= 11 is 0. The molecule has 3 rings (SSSR count). The fourth-order valence-electron chi connectivity index (χ4n) is 3.22. The molecule has 1 aromatic rings. The fourth-order valence-corrected chi connectivity index (χ4v) is 4.95. The van der Waals surface area contributed by atoms with Gasteiger partial charge in [0.05, 0.1) is 29.7 Å². The number of likely N-dealkylation sites (tertiary alicyclic amines) is 1.